The average molecular weight is 585 g/mol. The van der Waals surface area contributed by atoms with Crippen molar-refractivity contribution < 1.29 is 36.3 Å². The molecule has 1 aliphatic heterocycles. The predicted octanol–water partition coefficient (Wildman–Crippen LogP) is 2.93. The fraction of sp³-hybridized carbons (Fsp3) is 0.348. The molecule has 1 saturated heterocycles. The van der Waals surface area contributed by atoms with Gasteiger partial charge in [0.25, 0.3) is 21.7 Å². The van der Waals surface area contributed by atoms with Crippen molar-refractivity contribution >= 4 is 44.5 Å². The molecule has 39 heavy (non-hydrogen) atoms. The Bertz CT molecular complexity index is 1470. The van der Waals surface area contributed by atoms with Crippen molar-refractivity contribution in [1.29, 1.82) is 0 Å². The van der Waals surface area contributed by atoms with Gasteiger partial charge in [0, 0.05) is 24.8 Å². The van der Waals surface area contributed by atoms with Crippen molar-refractivity contribution in [2.24, 2.45) is 0 Å². The molecule has 1 unspecified atom stereocenters. The summed E-state index contributed by atoms with van der Waals surface area (Å²) in [6, 6.07) is 4.76. The number of carbonyl (C=O) groups is 2. The Labute approximate surface area is 225 Å². The molecular formula is C23H23F3N6O5S2. The fourth-order valence-electron chi connectivity index (χ4n) is 3.73. The van der Waals surface area contributed by atoms with Crippen LogP contribution in [0, 0.1) is 0 Å². The summed E-state index contributed by atoms with van der Waals surface area (Å²) in [5.74, 6) is -0.645. The number of amides is 2. The highest BCUT2D eigenvalue weighted by Crippen LogP contribution is 2.31. The number of halogens is 3. The molecule has 16 heteroatoms. The molecule has 2 aromatic heterocycles. The van der Waals surface area contributed by atoms with E-state index in [1.165, 1.54) is 18.6 Å². The van der Waals surface area contributed by atoms with E-state index in [4.69, 9.17) is 0 Å². The number of carbonyl (C=O) groups excluding carboxylic acids is 2. The van der Waals surface area contributed by atoms with Gasteiger partial charge in [0.05, 0.1) is 23.2 Å². The molecule has 208 valence electrons. The molecule has 0 bridgehead atoms. The summed E-state index contributed by atoms with van der Waals surface area (Å²) in [5.41, 5.74) is -5.50. The van der Waals surface area contributed by atoms with Gasteiger partial charge in [-0.2, -0.15) is 13.2 Å². The Morgan fingerprint density at radius 1 is 1.13 bits per heavy atom. The number of nitrogens with one attached hydrogen (secondary N) is 2. The van der Waals surface area contributed by atoms with Crippen LogP contribution in [0.15, 0.2) is 47.8 Å². The van der Waals surface area contributed by atoms with E-state index >= 15 is 0 Å². The predicted molar refractivity (Wildman–Crippen MR) is 135 cm³/mol. The molecule has 3 aromatic rings. The Kier molecular flexibility index (Phi) is 8.17. The molecule has 0 saturated carbocycles. The molecule has 1 atom stereocenters. The number of hydrogen-bond acceptors (Lipinski definition) is 10. The number of piperidine rings is 1. The Morgan fingerprint density at radius 3 is 2.54 bits per heavy atom. The van der Waals surface area contributed by atoms with E-state index < -0.39 is 38.1 Å². The molecule has 1 fully saturated rings. The molecule has 1 aromatic carbocycles. The Morgan fingerprint density at radius 2 is 1.85 bits per heavy atom. The third kappa shape index (κ3) is 6.51. The Balaban J connectivity index is 1.40. The van der Waals surface area contributed by atoms with Crippen LogP contribution in [0.3, 0.4) is 0 Å². The summed E-state index contributed by atoms with van der Waals surface area (Å²) in [6.45, 7) is 2.85. The first-order chi connectivity index (χ1) is 18.3. The molecule has 0 spiro atoms. The molecule has 2 amide bonds. The van der Waals surface area contributed by atoms with E-state index in [1.54, 1.807) is 13.0 Å². The van der Waals surface area contributed by atoms with E-state index in [0.29, 0.717) is 42.8 Å². The van der Waals surface area contributed by atoms with Gasteiger partial charge in [0.2, 0.25) is 0 Å². The zero-order chi connectivity index (χ0) is 28.4. The molecule has 4 rings (SSSR count). The van der Waals surface area contributed by atoms with Gasteiger partial charge in [0.15, 0.2) is 0 Å². The topological polar surface area (TPSA) is 154 Å². The Hall–Kier alpha value is -3.63. The maximum absolute atomic E-state index is 12.8. The van der Waals surface area contributed by atoms with Crippen LogP contribution in [0.4, 0.5) is 24.7 Å². The summed E-state index contributed by atoms with van der Waals surface area (Å²) < 4.78 is 61.8. The third-order valence-electron chi connectivity index (χ3n) is 5.85. The van der Waals surface area contributed by atoms with Gasteiger partial charge >= 0.3 is 5.51 Å². The highest BCUT2D eigenvalue weighted by Gasteiger charge is 2.46. The van der Waals surface area contributed by atoms with E-state index in [0.717, 1.165) is 23.5 Å². The smallest absolute Gasteiger partial charge is 0.393 e. The van der Waals surface area contributed by atoms with E-state index in [-0.39, 0.29) is 22.4 Å². The SMILES string of the molecule is CC(NC(=O)c1cc(N2CCC(O)CC2)ncn1)c1ncc(C(=O)Nc2cccc(S(=O)(=O)C(F)(F)F)c2)s1. The molecule has 0 radical (unpaired) electrons. The number of aromatic nitrogens is 3. The second-order valence-electron chi connectivity index (χ2n) is 8.67. The number of nitrogens with zero attached hydrogens (tertiary/aromatic N) is 4. The summed E-state index contributed by atoms with van der Waals surface area (Å²) >= 11 is 0.945. The van der Waals surface area contributed by atoms with Crippen LogP contribution in [0.5, 0.6) is 0 Å². The van der Waals surface area contributed by atoms with Crippen molar-refractivity contribution in [3.63, 3.8) is 0 Å². The average Bonchev–Trinajstić information content (AvgIpc) is 3.40. The van der Waals surface area contributed by atoms with Crippen molar-refractivity contribution in [1.82, 2.24) is 20.3 Å². The molecule has 11 nitrogen and oxygen atoms in total. The number of anilines is 2. The van der Waals surface area contributed by atoms with Crippen molar-refractivity contribution in [2.75, 3.05) is 23.3 Å². The number of benzene rings is 1. The lowest BCUT2D eigenvalue weighted by Crippen LogP contribution is -2.36. The minimum Gasteiger partial charge on any atom is -0.393 e. The van der Waals surface area contributed by atoms with Gasteiger partial charge in [0.1, 0.15) is 27.7 Å². The van der Waals surface area contributed by atoms with Gasteiger partial charge in [-0.1, -0.05) is 6.07 Å². The highest BCUT2D eigenvalue weighted by molar-refractivity contribution is 7.92. The summed E-state index contributed by atoms with van der Waals surface area (Å²) in [7, 11) is -5.58. The lowest BCUT2D eigenvalue weighted by Gasteiger charge is -2.30. The van der Waals surface area contributed by atoms with Gasteiger partial charge < -0.3 is 20.6 Å². The summed E-state index contributed by atoms with van der Waals surface area (Å²) in [5, 5.41) is 15.2. The number of aliphatic hydroxyl groups is 1. The van der Waals surface area contributed by atoms with E-state index in [9.17, 15) is 36.3 Å². The first kappa shape index (κ1) is 28.4. The molecule has 3 N–H and O–H groups in total. The molecule has 1 aliphatic rings. The van der Waals surface area contributed by atoms with Crippen LogP contribution in [0.2, 0.25) is 0 Å². The minimum atomic E-state index is -5.58. The van der Waals surface area contributed by atoms with Crippen LogP contribution in [-0.2, 0) is 9.84 Å². The monoisotopic (exact) mass is 584 g/mol. The quantitative estimate of drug-likeness (QED) is 0.380. The molecule has 0 aliphatic carbocycles. The van der Waals surface area contributed by atoms with Gasteiger partial charge in [-0.05, 0) is 38.0 Å². The highest BCUT2D eigenvalue weighted by atomic mass is 32.2. The summed E-state index contributed by atoms with van der Waals surface area (Å²) in [6.07, 6.45) is 3.36. The van der Waals surface area contributed by atoms with Crippen molar-refractivity contribution in [3.8, 4) is 0 Å². The lowest BCUT2D eigenvalue weighted by atomic mass is 10.1. The van der Waals surface area contributed by atoms with Gasteiger partial charge in [-0.15, -0.1) is 11.3 Å². The fourth-order valence-corrected chi connectivity index (χ4v) is 5.35. The minimum absolute atomic E-state index is 0.0896. The first-order valence-corrected chi connectivity index (χ1v) is 13.9. The van der Waals surface area contributed by atoms with Crippen LogP contribution < -0.4 is 15.5 Å². The zero-order valence-electron chi connectivity index (χ0n) is 20.3. The van der Waals surface area contributed by atoms with Crippen molar-refractivity contribution in [3.05, 3.63) is 58.4 Å². The number of alkyl halides is 3. The zero-order valence-corrected chi connectivity index (χ0v) is 22.0. The van der Waals surface area contributed by atoms with Crippen molar-refractivity contribution in [2.45, 2.75) is 42.3 Å². The molecular weight excluding hydrogens is 561 g/mol. The number of aliphatic hydroxyl groups excluding tert-OH is 1. The largest absolute Gasteiger partial charge is 0.501 e. The van der Waals surface area contributed by atoms with Gasteiger partial charge in [-0.25, -0.2) is 23.4 Å². The number of rotatable bonds is 7. The van der Waals surface area contributed by atoms with E-state index in [2.05, 4.69) is 25.6 Å². The van der Waals surface area contributed by atoms with E-state index in [1.807, 2.05) is 4.90 Å². The van der Waals surface area contributed by atoms with Crippen LogP contribution >= 0.6 is 11.3 Å². The van der Waals surface area contributed by atoms with Gasteiger partial charge in [-0.3, -0.25) is 9.59 Å². The van der Waals surface area contributed by atoms with Crippen LogP contribution in [0.1, 0.15) is 51.0 Å². The second kappa shape index (κ2) is 11.2. The number of hydrogen-bond donors (Lipinski definition) is 3. The first-order valence-electron chi connectivity index (χ1n) is 11.6. The number of sulfone groups is 1. The van der Waals surface area contributed by atoms with Crippen LogP contribution in [-0.4, -0.2) is 65.0 Å². The third-order valence-corrected chi connectivity index (χ3v) is 8.51. The van der Waals surface area contributed by atoms with Crippen LogP contribution in [0.25, 0.3) is 0 Å². The normalized spacial score (nSPS) is 15.6. The maximum Gasteiger partial charge on any atom is 0.501 e. The summed E-state index contributed by atoms with van der Waals surface area (Å²) in [4.78, 5) is 38.8. The maximum atomic E-state index is 12.8. The molecule has 3 heterocycles. The standard InChI is InChI=1S/C23H23F3N6O5S2/c1-13(30-20(34)17-10-19(29-12-28-17)32-7-5-15(33)6-8-32)22-27-11-18(38-22)21(35)31-14-3-2-4-16(9-14)39(36,37)23(24,25)26/h2-4,9-13,15,33H,5-8H2,1H3,(H,30,34)(H,31,35). The number of thiazole rings is 1. The lowest BCUT2D eigenvalue weighted by molar-refractivity contribution is -0.0436. The second-order valence-corrected chi connectivity index (χ2v) is 11.7.